The number of nitrogens with one attached hydrogen (secondary N) is 1. The van der Waals surface area contributed by atoms with Crippen LogP contribution in [0.1, 0.15) is 54.8 Å². The van der Waals surface area contributed by atoms with Crippen LogP contribution in [0.15, 0.2) is 24.3 Å². The van der Waals surface area contributed by atoms with E-state index >= 15 is 0 Å². The fraction of sp³-hybridized carbons (Fsp3) is 0.450. The fourth-order valence-electron chi connectivity index (χ4n) is 3.79. The summed E-state index contributed by atoms with van der Waals surface area (Å²) in [7, 11) is 0. The summed E-state index contributed by atoms with van der Waals surface area (Å²) in [6.07, 6.45) is 2.78. The molecule has 138 valence electrons. The van der Waals surface area contributed by atoms with E-state index in [1.807, 2.05) is 45.0 Å². The zero-order valence-corrected chi connectivity index (χ0v) is 16.2. The van der Waals surface area contributed by atoms with Gasteiger partial charge < -0.3 is 5.32 Å². The summed E-state index contributed by atoms with van der Waals surface area (Å²) in [5.41, 5.74) is 0.0619. The summed E-state index contributed by atoms with van der Waals surface area (Å²) in [6, 6.07) is 7.39. The Morgan fingerprint density at radius 1 is 1.15 bits per heavy atom. The Balaban J connectivity index is 1.85. The number of benzene rings is 1. The zero-order chi connectivity index (χ0) is 18.9. The number of nitrogens with zero attached hydrogens (tertiary/aromatic N) is 1. The number of thiophene rings is 1. The SMILES string of the molecule is CCCC1(CCC)NC(=O)N(CC(=O)c2sc3ccccc3c2C)C1=O. The number of hydrogen-bond donors (Lipinski definition) is 1. The highest BCUT2D eigenvalue weighted by Crippen LogP contribution is 2.32. The first-order valence-corrected chi connectivity index (χ1v) is 9.90. The lowest BCUT2D eigenvalue weighted by atomic mass is 9.88. The van der Waals surface area contributed by atoms with E-state index in [2.05, 4.69) is 5.32 Å². The Kier molecular flexibility index (Phi) is 5.14. The molecule has 3 rings (SSSR count). The van der Waals surface area contributed by atoms with E-state index in [9.17, 15) is 14.4 Å². The van der Waals surface area contributed by atoms with Crippen LogP contribution in [0.3, 0.4) is 0 Å². The highest BCUT2D eigenvalue weighted by atomic mass is 32.1. The van der Waals surface area contributed by atoms with Gasteiger partial charge in [0.1, 0.15) is 5.54 Å². The molecule has 0 atom stereocenters. The maximum absolute atomic E-state index is 12.9. The van der Waals surface area contributed by atoms with Crippen molar-refractivity contribution in [2.24, 2.45) is 0 Å². The number of imide groups is 1. The molecule has 2 heterocycles. The highest BCUT2D eigenvalue weighted by Gasteiger charge is 2.50. The molecule has 2 aromatic rings. The Hall–Kier alpha value is -2.21. The number of carbonyl (C=O) groups is 3. The average Bonchev–Trinajstić information content (AvgIpc) is 3.06. The largest absolute Gasteiger partial charge is 0.325 e. The molecule has 1 N–H and O–H groups in total. The number of hydrogen-bond acceptors (Lipinski definition) is 4. The highest BCUT2D eigenvalue weighted by molar-refractivity contribution is 7.21. The van der Waals surface area contributed by atoms with Gasteiger partial charge in [-0.1, -0.05) is 44.9 Å². The van der Waals surface area contributed by atoms with Crippen molar-refractivity contribution in [2.75, 3.05) is 6.54 Å². The van der Waals surface area contributed by atoms with Gasteiger partial charge in [0.05, 0.1) is 11.4 Å². The normalized spacial score (nSPS) is 16.3. The van der Waals surface area contributed by atoms with Crippen LogP contribution in [0, 0.1) is 6.92 Å². The van der Waals surface area contributed by atoms with E-state index in [-0.39, 0.29) is 18.2 Å². The van der Waals surface area contributed by atoms with Gasteiger partial charge in [0.25, 0.3) is 5.91 Å². The van der Waals surface area contributed by atoms with Crippen LogP contribution in [-0.4, -0.2) is 34.7 Å². The number of aryl methyl sites for hydroxylation is 1. The lowest BCUT2D eigenvalue weighted by molar-refractivity contribution is -0.131. The zero-order valence-electron chi connectivity index (χ0n) is 15.4. The van der Waals surface area contributed by atoms with Crippen LogP contribution < -0.4 is 5.32 Å². The third-order valence-corrected chi connectivity index (χ3v) is 6.31. The molecule has 5 nitrogen and oxygen atoms in total. The molecule has 1 aliphatic heterocycles. The van der Waals surface area contributed by atoms with Crippen LogP contribution >= 0.6 is 11.3 Å². The van der Waals surface area contributed by atoms with E-state index < -0.39 is 11.6 Å². The number of amides is 3. The standard InChI is InChI=1S/C20H24N2O3S/c1-4-10-20(11-5-2)18(24)22(19(25)21-20)12-15(23)17-13(3)14-8-6-7-9-16(14)26-17/h6-9H,4-5,10-12H2,1-3H3,(H,21,25). The van der Waals surface area contributed by atoms with Gasteiger partial charge in [-0.15, -0.1) is 11.3 Å². The minimum atomic E-state index is -0.851. The Morgan fingerprint density at radius 2 is 1.81 bits per heavy atom. The molecule has 1 aromatic carbocycles. The van der Waals surface area contributed by atoms with E-state index in [0.29, 0.717) is 17.7 Å². The van der Waals surface area contributed by atoms with Crippen molar-refractivity contribution in [2.45, 2.75) is 52.0 Å². The summed E-state index contributed by atoms with van der Waals surface area (Å²) in [5, 5.41) is 3.90. The van der Waals surface area contributed by atoms with Crippen LogP contribution in [0.4, 0.5) is 4.79 Å². The van der Waals surface area contributed by atoms with Crippen molar-refractivity contribution >= 4 is 39.1 Å². The van der Waals surface area contributed by atoms with E-state index in [4.69, 9.17) is 0 Å². The van der Waals surface area contributed by atoms with E-state index in [1.165, 1.54) is 11.3 Å². The molecule has 1 aliphatic rings. The molecular weight excluding hydrogens is 348 g/mol. The fourth-order valence-corrected chi connectivity index (χ4v) is 4.93. The van der Waals surface area contributed by atoms with Crippen LogP contribution in [-0.2, 0) is 4.79 Å². The van der Waals surface area contributed by atoms with Gasteiger partial charge in [-0.3, -0.25) is 14.5 Å². The Labute approximate surface area is 157 Å². The molecule has 0 radical (unpaired) electrons. The number of fused-ring (bicyclic) bond motifs is 1. The second kappa shape index (κ2) is 7.19. The van der Waals surface area contributed by atoms with Crippen molar-refractivity contribution in [3.8, 4) is 0 Å². The topological polar surface area (TPSA) is 66.5 Å². The van der Waals surface area contributed by atoms with Crippen molar-refractivity contribution in [3.05, 3.63) is 34.7 Å². The van der Waals surface area contributed by atoms with Crippen molar-refractivity contribution in [1.82, 2.24) is 10.2 Å². The molecule has 1 fully saturated rings. The van der Waals surface area contributed by atoms with Gasteiger partial charge in [0.15, 0.2) is 5.78 Å². The molecular formula is C20H24N2O3S. The molecule has 0 aliphatic carbocycles. The molecule has 1 aromatic heterocycles. The summed E-state index contributed by atoms with van der Waals surface area (Å²) in [4.78, 5) is 39.9. The maximum Gasteiger partial charge on any atom is 0.325 e. The molecule has 0 spiro atoms. The molecule has 0 saturated carbocycles. The Morgan fingerprint density at radius 3 is 2.42 bits per heavy atom. The van der Waals surface area contributed by atoms with Crippen LogP contribution in [0.5, 0.6) is 0 Å². The summed E-state index contributed by atoms with van der Waals surface area (Å²) >= 11 is 1.42. The van der Waals surface area contributed by atoms with Crippen molar-refractivity contribution in [3.63, 3.8) is 0 Å². The first-order chi connectivity index (χ1) is 12.4. The lowest BCUT2D eigenvalue weighted by Crippen LogP contribution is -2.47. The molecule has 0 unspecified atom stereocenters. The lowest BCUT2D eigenvalue weighted by Gasteiger charge is -2.25. The minimum Gasteiger partial charge on any atom is -0.323 e. The number of ketones is 1. The average molecular weight is 372 g/mol. The second-order valence-electron chi connectivity index (χ2n) is 6.88. The van der Waals surface area contributed by atoms with Crippen molar-refractivity contribution in [1.29, 1.82) is 0 Å². The van der Waals surface area contributed by atoms with Gasteiger partial charge in [-0.2, -0.15) is 0 Å². The van der Waals surface area contributed by atoms with E-state index in [1.54, 1.807) is 0 Å². The quantitative estimate of drug-likeness (QED) is 0.582. The molecule has 1 saturated heterocycles. The molecule has 0 bridgehead atoms. The van der Waals surface area contributed by atoms with E-state index in [0.717, 1.165) is 33.4 Å². The van der Waals surface area contributed by atoms with Gasteiger partial charge in [0.2, 0.25) is 0 Å². The third-order valence-electron chi connectivity index (χ3n) is 5.00. The van der Waals surface area contributed by atoms with Crippen molar-refractivity contribution < 1.29 is 14.4 Å². The number of carbonyl (C=O) groups excluding carboxylic acids is 3. The summed E-state index contributed by atoms with van der Waals surface area (Å²) in [6.45, 7) is 5.69. The van der Waals surface area contributed by atoms with Gasteiger partial charge >= 0.3 is 6.03 Å². The first kappa shape index (κ1) is 18.6. The van der Waals surface area contributed by atoms with Crippen LogP contribution in [0.2, 0.25) is 0 Å². The Bertz CT molecular complexity index is 865. The van der Waals surface area contributed by atoms with Gasteiger partial charge in [-0.05, 0) is 36.8 Å². The van der Waals surface area contributed by atoms with Gasteiger partial charge in [-0.25, -0.2) is 4.79 Å². The predicted molar refractivity (Wildman–Crippen MR) is 104 cm³/mol. The first-order valence-electron chi connectivity index (χ1n) is 9.09. The number of urea groups is 1. The molecule has 3 amide bonds. The van der Waals surface area contributed by atoms with Gasteiger partial charge in [0, 0.05) is 4.70 Å². The molecule has 26 heavy (non-hydrogen) atoms. The monoisotopic (exact) mass is 372 g/mol. The number of Topliss-reactive ketones (excluding diaryl/α,β-unsaturated/α-hetero) is 1. The second-order valence-corrected chi connectivity index (χ2v) is 7.93. The molecule has 6 heteroatoms. The third kappa shape index (κ3) is 3.03. The predicted octanol–water partition coefficient (Wildman–Crippen LogP) is 4.28. The minimum absolute atomic E-state index is 0.184. The maximum atomic E-state index is 12.9. The smallest absolute Gasteiger partial charge is 0.323 e. The van der Waals surface area contributed by atoms with Crippen LogP contribution in [0.25, 0.3) is 10.1 Å². The summed E-state index contributed by atoms with van der Waals surface area (Å²) in [5.74, 6) is -0.450. The number of rotatable bonds is 7. The summed E-state index contributed by atoms with van der Waals surface area (Å²) < 4.78 is 1.04.